The first-order valence-corrected chi connectivity index (χ1v) is 6.45. The molecule has 8 heteroatoms. The highest BCUT2D eigenvalue weighted by molar-refractivity contribution is 6.05. The summed E-state index contributed by atoms with van der Waals surface area (Å²) in [4.78, 5) is 22.2. The molecule has 0 heterocycles. The van der Waals surface area contributed by atoms with Crippen LogP contribution in [-0.4, -0.2) is 10.8 Å². The van der Waals surface area contributed by atoms with Crippen LogP contribution < -0.4 is 5.32 Å². The average Bonchev–Trinajstić information content (AvgIpc) is 2.46. The Morgan fingerprint density at radius 1 is 1.13 bits per heavy atom. The van der Waals surface area contributed by atoms with E-state index in [0.29, 0.717) is 0 Å². The summed E-state index contributed by atoms with van der Waals surface area (Å²) in [6.07, 6.45) is -4.52. The minimum Gasteiger partial charge on any atom is -0.322 e. The molecule has 0 spiro atoms. The fourth-order valence-electron chi connectivity index (χ4n) is 1.99. The number of halogens is 3. The number of carbonyl (C=O) groups is 1. The Kier molecular flexibility index (Phi) is 4.63. The van der Waals surface area contributed by atoms with Crippen molar-refractivity contribution >= 4 is 11.6 Å². The van der Waals surface area contributed by atoms with Gasteiger partial charge in [0.15, 0.2) is 0 Å². The first kappa shape index (κ1) is 16.5. The molecule has 2 aromatic rings. The number of rotatable bonds is 4. The van der Waals surface area contributed by atoms with Gasteiger partial charge in [0.2, 0.25) is 6.54 Å². The molecule has 0 radical (unpaired) electrons. The van der Waals surface area contributed by atoms with Crippen molar-refractivity contribution in [2.75, 3.05) is 5.32 Å². The zero-order chi connectivity index (χ0) is 17.0. The molecular formula is C15H11F3N2O3. The Bertz CT molecular complexity index is 745. The fourth-order valence-corrected chi connectivity index (χ4v) is 1.99. The third-order valence-corrected chi connectivity index (χ3v) is 3.01. The van der Waals surface area contributed by atoms with E-state index in [-0.39, 0.29) is 16.8 Å². The Morgan fingerprint density at radius 2 is 1.83 bits per heavy atom. The zero-order valence-corrected chi connectivity index (χ0v) is 11.6. The van der Waals surface area contributed by atoms with E-state index >= 15 is 0 Å². The minimum atomic E-state index is -4.52. The van der Waals surface area contributed by atoms with Gasteiger partial charge in [-0.1, -0.05) is 24.3 Å². The second kappa shape index (κ2) is 6.47. The number of nitrogens with one attached hydrogen (secondary N) is 1. The second-order valence-electron chi connectivity index (χ2n) is 4.68. The van der Waals surface area contributed by atoms with Crippen molar-refractivity contribution in [1.82, 2.24) is 0 Å². The van der Waals surface area contributed by atoms with E-state index in [1.807, 2.05) is 0 Å². The molecule has 0 aliphatic heterocycles. The van der Waals surface area contributed by atoms with Gasteiger partial charge in [-0.2, -0.15) is 13.2 Å². The van der Waals surface area contributed by atoms with E-state index in [9.17, 15) is 28.1 Å². The lowest BCUT2D eigenvalue weighted by Gasteiger charge is -2.11. The fraction of sp³-hybridized carbons (Fsp3) is 0.133. The number of nitrogens with zero attached hydrogens (tertiary/aromatic N) is 1. The number of benzene rings is 2. The minimum absolute atomic E-state index is 0.0410. The molecule has 0 aromatic heterocycles. The van der Waals surface area contributed by atoms with Crippen LogP contribution in [-0.2, 0) is 12.7 Å². The van der Waals surface area contributed by atoms with Crippen molar-refractivity contribution < 1.29 is 22.9 Å². The molecule has 0 aliphatic rings. The summed E-state index contributed by atoms with van der Waals surface area (Å²) in [6.45, 7) is -0.549. The first-order valence-electron chi connectivity index (χ1n) is 6.45. The molecule has 0 aliphatic carbocycles. The van der Waals surface area contributed by atoms with E-state index in [1.165, 1.54) is 30.3 Å². The van der Waals surface area contributed by atoms with E-state index < -0.39 is 29.1 Å². The average molecular weight is 324 g/mol. The topological polar surface area (TPSA) is 72.2 Å². The molecule has 2 aromatic carbocycles. The highest BCUT2D eigenvalue weighted by Gasteiger charge is 2.30. The van der Waals surface area contributed by atoms with Crippen LogP contribution in [0.15, 0.2) is 48.5 Å². The highest BCUT2D eigenvalue weighted by Crippen LogP contribution is 2.30. The lowest BCUT2D eigenvalue weighted by atomic mass is 10.1. The quantitative estimate of drug-likeness (QED) is 0.688. The predicted molar refractivity (Wildman–Crippen MR) is 76.5 cm³/mol. The van der Waals surface area contributed by atoms with E-state index in [1.54, 1.807) is 6.07 Å². The predicted octanol–water partition coefficient (Wildman–Crippen LogP) is 3.73. The molecule has 0 fully saturated rings. The summed E-state index contributed by atoms with van der Waals surface area (Å²) in [5.74, 6) is -0.707. The van der Waals surface area contributed by atoms with Crippen molar-refractivity contribution in [1.29, 1.82) is 0 Å². The lowest BCUT2D eigenvalue weighted by molar-refractivity contribution is -0.496. The van der Waals surface area contributed by atoms with Gasteiger partial charge >= 0.3 is 6.18 Å². The molecular weight excluding hydrogens is 313 g/mol. The van der Waals surface area contributed by atoms with E-state index in [0.717, 1.165) is 12.1 Å². The van der Waals surface area contributed by atoms with Crippen LogP contribution in [0.25, 0.3) is 0 Å². The molecule has 5 nitrogen and oxygen atoms in total. The normalized spacial score (nSPS) is 11.1. The van der Waals surface area contributed by atoms with Crippen LogP contribution in [0.2, 0.25) is 0 Å². The monoisotopic (exact) mass is 324 g/mol. The summed E-state index contributed by atoms with van der Waals surface area (Å²) < 4.78 is 37.9. The van der Waals surface area contributed by atoms with Crippen LogP contribution in [0.3, 0.4) is 0 Å². The van der Waals surface area contributed by atoms with Crippen LogP contribution in [0.5, 0.6) is 0 Å². The van der Waals surface area contributed by atoms with Crippen molar-refractivity contribution in [3.63, 3.8) is 0 Å². The Labute approximate surface area is 128 Å². The Morgan fingerprint density at radius 3 is 2.48 bits per heavy atom. The van der Waals surface area contributed by atoms with E-state index in [2.05, 4.69) is 5.32 Å². The molecule has 0 atom stereocenters. The van der Waals surface area contributed by atoms with Gasteiger partial charge in [0.05, 0.1) is 5.56 Å². The molecule has 120 valence electrons. The second-order valence-corrected chi connectivity index (χ2v) is 4.68. The van der Waals surface area contributed by atoms with Crippen LogP contribution in [0.1, 0.15) is 21.5 Å². The molecule has 0 unspecified atom stereocenters. The molecule has 0 bridgehead atoms. The first-order chi connectivity index (χ1) is 10.8. The van der Waals surface area contributed by atoms with Gasteiger partial charge < -0.3 is 5.32 Å². The summed E-state index contributed by atoms with van der Waals surface area (Å²) in [5, 5.41) is 12.9. The van der Waals surface area contributed by atoms with Gasteiger partial charge in [-0.3, -0.25) is 14.9 Å². The van der Waals surface area contributed by atoms with Gasteiger partial charge in [-0.05, 0) is 24.3 Å². The lowest BCUT2D eigenvalue weighted by Crippen LogP contribution is -2.16. The molecule has 0 saturated carbocycles. The third kappa shape index (κ3) is 4.29. The van der Waals surface area contributed by atoms with Crippen LogP contribution >= 0.6 is 0 Å². The van der Waals surface area contributed by atoms with Crippen molar-refractivity contribution in [2.45, 2.75) is 12.7 Å². The van der Waals surface area contributed by atoms with Gasteiger partial charge in [0.25, 0.3) is 5.91 Å². The van der Waals surface area contributed by atoms with Crippen LogP contribution in [0.4, 0.5) is 18.9 Å². The molecule has 1 amide bonds. The Hall–Kier alpha value is -2.90. The number of amides is 1. The highest BCUT2D eigenvalue weighted by atomic mass is 19.4. The van der Waals surface area contributed by atoms with Crippen LogP contribution in [0, 0.1) is 10.1 Å². The van der Waals surface area contributed by atoms with Gasteiger partial charge in [-0.25, -0.2) is 0 Å². The molecule has 1 N–H and O–H groups in total. The maximum absolute atomic E-state index is 12.6. The van der Waals surface area contributed by atoms with E-state index in [4.69, 9.17) is 0 Å². The maximum Gasteiger partial charge on any atom is 0.416 e. The number of hydrogen-bond acceptors (Lipinski definition) is 3. The van der Waals surface area contributed by atoms with Crippen molar-refractivity contribution in [2.24, 2.45) is 0 Å². The smallest absolute Gasteiger partial charge is 0.322 e. The van der Waals surface area contributed by atoms with Crippen molar-refractivity contribution in [3.05, 3.63) is 75.3 Å². The number of hydrogen-bond donors (Lipinski definition) is 1. The number of anilines is 1. The van der Waals surface area contributed by atoms with Crippen molar-refractivity contribution in [3.8, 4) is 0 Å². The maximum atomic E-state index is 12.6. The SMILES string of the molecule is O=C(Nc1cccc(C(F)(F)F)c1)c1ccccc1C[N+](=O)[O-]. The summed E-state index contributed by atoms with van der Waals surface area (Å²) in [6, 6.07) is 10.0. The van der Waals surface area contributed by atoms with Gasteiger partial charge in [0.1, 0.15) is 0 Å². The summed E-state index contributed by atoms with van der Waals surface area (Å²) >= 11 is 0. The third-order valence-electron chi connectivity index (χ3n) is 3.01. The van der Waals surface area contributed by atoms with Gasteiger partial charge in [-0.15, -0.1) is 0 Å². The molecule has 0 saturated heterocycles. The number of nitro groups is 1. The zero-order valence-electron chi connectivity index (χ0n) is 11.6. The Balaban J connectivity index is 2.25. The molecule has 2 rings (SSSR count). The molecule has 23 heavy (non-hydrogen) atoms. The standard InChI is InChI=1S/C15H11F3N2O3/c16-15(17,18)11-5-3-6-12(8-11)19-14(21)13-7-2-1-4-10(13)9-20(22)23/h1-8H,9H2,(H,19,21). The van der Waals surface area contributed by atoms with Gasteiger partial charge in [0, 0.05) is 21.7 Å². The number of alkyl halides is 3. The summed E-state index contributed by atoms with van der Waals surface area (Å²) in [7, 11) is 0. The largest absolute Gasteiger partial charge is 0.416 e. The summed E-state index contributed by atoms with van der Waals surface area (Å²) in [5.41, 5.74) is -0.710. The number of carbonyl (C=O) groups excluding carboxylic acids is 1.